The minimum Gasteiger partial charge on any atom is -0.0632 e. The van der Waals surface area contributed by atoms with Gasteiger partial charge in [0.05, 0.1) is 0 Å². The summed E-state index contributed by atoms with van der Waals surface area (Å²) in [6.45, 7) is 4.48. The fourth-order valence-electron chi connectivity index (χ4n) is 1.81. The van der Waals surface area contributed by atoms with Crippen molar-refractivity contribution in [3.05, 3.63) is 58.6 Å². The van der Waals surface area contributed by atoms with Crippen LogP contribution in [0.3, 0.4) is 0 Å². The number of rotatable bonds is 2. The Bertz CT molecular complexity index is 492. The second-order valence-electron chi connectivity index (χ2n) is 5.33. The Kier molecular flexibility index (Phi) is 3.44. The first-order valence-corrected chi connectivity index (χ1v) is 6.62. The second-order valence-corrected chi connectivity index (χ2v) is 6.25. The Labute approximate surface area is 113 Å². The molecule has 0 aliphatic heterocycles. The van der Waals surface area contributed by atoms with E-state index in [-0.39, 0.29) is 5.31 Å². The fourth-order valence-corrected chi connectivity index (χ4v) is 2.07. The molecule has 0 heterocycles. The van der Waals surface area contributed by atoms with Crippen LogP contribution >= 0.6 is 15.9 Å². The van der Waals surface area contributed by atoms with Crippen LogP contribution in [-0.2, 0) is 5.31 Å². The van der Waals surface area contributed by atoms with Crippen molar-refractivity contribution in [2.45, 2.75) is 19.2 Å². The van der Waals surface area contributed by atoms with E-state index in [9.17, 15) is 0 Å². The van der Waals surface area contributed by atoms with Crippen LogP contribution in [0.5, 0.6) is 0 Å². The molecule has 86 valence electrons. The first-order valence-electron chi connectivity index (χ1n) is 5.83. The lowest BCUT2D eigenvalue weighted by Gasteiger charge is -2.19. The summed E-state index contributed by atoms with van der Waals surface area (Å²) in [7, 11) is 2.24. The summed E-state index contributed by atoms with van der Waals surface area (Å²) < 4.78 is 1.12. The zero-order valence-electron chi connectivity index (χ0n) is 10.5. The molecule has 0 fully saturated rings. The molecule has 0 bridgehead atoms. The lowest BCUT2D eigenvalue weighted by molar-refractivity contribution is 0.764. The molecule has 0 atom stereocenters. The van der Waals surface area contributed by atoms with E-state index in [1.54, 1.807) is 0 Å². The molecule has 0 amide bonds. The third kappa shape index (κ3) is 3.01. The summed E-state index contributed by atoms with van der Waals surface area (Å²) in [6.07, 6.45) is 0. The predicted molar refractivity (Wildman–Crippen MR) is 81.1 cm³/mol. The molecule has 0 unspecified atom stereocenters. The van der Waals surface area contributed by atoms with Crippen LogP contribution in [0.4, 0.5) is 0 Å². The van der Waals surface area contributed by atoms with E-state index in [1.807, 2.05) is 0 Å². The molecule has 0 radical (unpaired) electrons. The zero-order chi connectivity index (χ0) is 12.5. The molecule has 0 aliphatic carbocycles. The Hall–Kier alpha value is -1.02. The number of benzene rings is 2. The highest BCUT2D eigenvalue weighted by atomic mass is 79.9. The molecule has 2 rings (SSSR count). The smallest absolute Gasteiger partial charge is 0.0632 e. The summed E-state index contributed by atoms with van der Waals surface area (Å²) in [5.74, 6) is 0. The molecule has 2 heteroatoms. The molecule has 0 aliphatic rings. The van der Waals surface area contributed by atoms with Crippen molar-refractivity contribution in [1.29, 1.82) is 0 Å². The van der Waals surface area contributed by atoms with Gasteiger partial charge in [0.15, 0.2) is 0 Å². The predicted octanol–water partition coefficient (Wildman–Crippen LogP) is 3.98. The number of hydrogen-bond acceptors (Lipinski definition) is 0. The monoisotopic (exact) mass is 286 g/mol. The van der Waals surface area contributed by atoms with E-state index in [0.717, 1.165) is 4.47 Å². The molecule has 2 aromatic rings. The van der Waals surface area contributed by atoms with E-state index in [1.165, 1.54) is 16.7 Å². The molecule has 0 saturated heterocycles. The normalized spacial score (nSPS) is 11.5. The van der Waals surface area contributed by atoms with Crippen molar-refractivity contribution in [1.82, 2.24) is 0 Å². The zero-order valence-corrected chi connectivity index (χ0v) is 12.1. The summed E-state index contributed by atoms with van der Waals surface area (Å²) in [4.78, 5) is 0. The second kappa shape index (κ2) is 4.69. The SMILES string of the molecule is BC(C)(C)c1ccc(-c2ccc(Br)cc2)cc1. The van der Waals surface area contributed by atoms with E-state index in [4.69, 9.17) is 0 Å². The Morgan fingerprint density at radius 1 is 0.824 bits per heavy atom. The van der Waals surface area contributed by atoms with E-state index >= 15 is 0 Å². The molecular formula is C15H16BBr. The highest BCUT2D eigenvalue weighted by molar-refractivity contribution is 9.10. The Morgan fingerprint density at radius 2 is 1.24 bits per heavy atom. The fraction of sp³-hybridized carbons (Fsp3) is 0.200. The van der Waals surface area contributed by atoms with Crippen LogP contribution in [0.25, 0.3) is 11.1 Å². The largest absolute Gasteiger partial charge is 0.114 e. The van der Waals surface area contributed by atoms with Gasteiger partial charge >= 0.3 is 0 Å². The quantitative estimate of drug-likeness (QED) is 0.733. The van der Waals surface area contributed by atoms with Gasteiger partial charge in [0.2, 0.25) is 0 Å². The maximum Gasteiger partial charge on any atom is 0.114 e. The van der Waals surface area contributed by atoms with Crippen LogP contribution < -0.4 is 0 Å². The van der Waals surface area contributed by atoms with Crippen molar-refractivity contribution in [2.24, 2.45) is 0 Å². The first kappa shape index (κ1) is 12.4. The van der Waals surface area contributed by atoms with Crippen molar-refractivity contribution in [3.63, 3.8) is 0 Å². The minimum atomic E-state index is 0.220. The van der Waals surface area contributed by atoms with Gasteiger partial charge in [0.25, 0.3) is 0 Å². The average Bonchev–Trinajstić information content (AvgIpc) is 2.29. The topological polar surface area (TPSA) is 0 Å². The van der Waals surface area contributed by atoms with Crippen molar-refractivity contribution in [3.8, 4) is 11.1 Å². The summed E-state index contributed by atoms with van der Waals surface area (Å²) in [5.41, 5.74) is 3.90. The van der Waals surface area contributed by atoms with Crippen molar-refractivity contribution in [2.75, 3.05) is 0 Å². The maximum atomic E-state index is 3.46. The molecular weight excluding hydrogens is 271 g/mol. The third-order valence-electron chi connectivity index (χ3n) is 2.93. The molecule has 0 spiro atoms. The van der Waals surface area contributed by atoms with Gasteiger partial charge in [0, 0.05) is 4.47 Å². The van der Waals surface area contributed by atoms with Crippen molar-refractivity contribution < 1.29 is 0 Å². The summed E-state index contributed by atoms with van der Waals surface area (Å²) in [6, 6.07) is 17.3. The van der Waals surface area contributed by atoms with E-state index in [2.05, 4.69) is 86.2 Å². The molecule has 0 saturated carbocycles. The lowest BCUT2D eigenvalue weighted by Crippen LogP contribution is -2.16. The first-order chi connectivity index (χ1) is 7.97. The molecule has 17 heavy (non-hydrogen) atoms. The van der Waals surface area contributed by atoms with E-state index in [0.29, 0.717) is 0 Å². The van der Waals surface area contributed by atoms with Crippen LogP contribution in [0.1, 0.15) is 19.4 Å². The summed E-state index contributed by atoms with van der Waals surface area (Å²) in [5, 5.41) is 0.220. The molecule has 2 aromatic carbocycles. The van der Waals surface area contributed by atoms with Crippen LogP contribution in [0.15, 0.2) is 53.0 Å². The van der Waals surface area contributed by atoms with Gasteiger partial charge in [-0.05, 0) is 28.6 Å². The van der Waals surface area contributed by atoms with Gasteiger partial charge in [-0.15, -0.1) is 0 Å². The maximum absolute atomic E-state index is 3.46. The number of hydrogen-bond donors (Lipinski definition) is 0. The van der Waals surface area contributed by atoms with Gasteiger partial charge in [-0.2, -0.15) is 0 Å². The van der Waals surface area contributed by atoms with Crippen LogP contribution in [-0.4, -0.2) is 7.85 Å². The van der Waals surface area contributed by atoms with Crippen LogP contribution in [0, 0.1) is 0 Å². The highest BCUT2D eigenvalue weighted by Gasteiger charge is 2.13. The van der Waals surface area contributed by atoms with Gasteiger partial charge in [-0.25, -0.2) is 0 Å². The van der Waals surface area contributed by atoms with Crippen molar-refractivity contribution >= 4 is 23.8 Å². The standard InChI is InChI=1S/C15H16BBr/c1-15(2,16)13-7-3-11(4-8-13)12-5-9-14(17)10-6-12/h3-10H,16H2,1-2H3. The summed E-state index contributed by atoms with van der Waals surface area (Å²) >= 11 is 3.46. The molecule has 0 aromatic heterocycles. The number of halogens is 1. The lowest BCUT2D eigenvalue weighted by atomic mass is 9.67. The molecule has 0 nitrogen and oxygen atoms in total. The Morgan fingerprint density at radius 3 is 1.65 bits per heavy atom. The minimum absolute atomic E-state index is 0.220. The van der Waals surface area contributed by atoms with Gasteiger partial charge in [-0.3, -0.25) is 0 Å². The van der Waals surface area contributed by atoms with Gasteiger partial charge < -0.3 is 0 Å². The van der Waals surface area contributed by atoms with E-state index < -0.39 is 0 Å². The van der Waals surface area contributed by atoms with Gasteiger partial charge in [-0.1, -0.05) is 71.7 Å². The third-order valence-corrected chi connectivity index (χ3v) is 3.46. The molecule has 0 N–H and O–H groups in total. The van der Waals surface area contributed by atoms with Gasteiger partial charge in [0.1, 0.15) is 7.85 Å². The Balaban J connectivity index is 2.33. The average molecular weight is 287 g/mol. The highest BCUT2D eigenvalue weighted by Crippen LogP contribution is 2.25. The van der Waals surface area contributed by atoms with Crippen LogP contribution in [0.2, 0.25) is 0 Å².